The van der Waals surface area contributed by atoms with Crippen LogP contribution in [0, 0.1) is 35.5 Å². The summed E-state index contributed by atoms with van der Waals surface area (Å²) in [4.78, 5) is 0. The monoisotopic (exact) mass is 351 g/mol. The molecule has 0 aromatic carbocycles. The van der Waals surface area contributed by atoms with E-state index in [4.69, 9.17) is 18.6 Å². The van der Waals surface area contributed by atoms with Gasteiger partial charge in [0.25, 0.3) is 0 Å². The summed E-state index contributed by atoms with van der Waals surface area (Å²) in [6.45, 7) is 8.60. The predicted molar refractivity (Wildman–Crippen MR) is 98.7 cm³/mol. The highest BCUT2D eigenvalue weighted by atomic mass is 16.9. The first-order valence-corrected chi connectivity index (χ1v) is 10.7. The first kappa shape index (κ1) is 18.3. The fraction of sp³-hybridized carbons (Fsp3) is 1.00. The van der Waals surface area contributed by atoms with Gasteiger partial charge in [-0.25, -0.2) is 0 Å². The third-order valence-electron chi connectivity index (χ3n) is 7.48. The molecular weight excluding hydrogens is 315 g/mol. The summed E-state index contributed by atoms with van der Waals surface area (Å²) in [6.07, 6.45) is 7.72. The number of hydrogen-bond donors (Lipinski definition) is 0. The molecule has 0 radical (unpaired) electrons. The van der Waals surface area contributed by atoms with Gasteiger partial charge < -0.3 is 18.6 Å². The summed E-state index contributed by atoms with van der Waals surface area (Å²) in [5, 5.41) is 0. The highest BCUT2D eigenvalue weighted by Crippen LogP contribution is 2.44. The molecule has 5 heteroatoms. The quantitative estimate of drug-likeness (QED) is 0.606. The molecule has 0 amide bonds. The van der Waals surface area contributed by atoms with Gasteiger partial charge in [0.2, 0.25) is 0 Å². The molecule has 4 nitrogen and oxygen atoms in total. The average Bonchev–Trinajstić information content (AvgIpc) is 2.78. The molecule has 2 heterocycles. The Morgan fingerprint density at radius 3 is 1.52 bits per heavy atom. The van der Waals surface area contributed by atoms with E-state index < -0.39 is 6.96 Å². The largest absolute Gasteiger partial charge is 0.531 e. The molecule has 4 rings (SSSR count). The van der Waals surface area contributed by atoms with Gasteiger partial charge in [-0.2, -0.15) is 0 Å². The summed E-state index contributed by atoms with van der Waals surface area (Å²) >= 11 is 0. The van der Waals surface area contributed by atoms with E-state index in [-0.39, 0.29) is 12.2 Å². The zero-order chi connectivity index (χ0) is 17.6. The first-order valence-electron chi connectivity index (χ1n) is 10.7. The summed E-state index contributed by atoms with van der Waals surface area (Å²) in [5.41, 5.74) is 0. The van der Waals surface area contributed by atoms with Crippen LogP contribution in [0.2, 0.25) is 0 Å². The van der Waals surface area contributed by atoms with Crippen molar-refractivity contribution < 1.29 is 18.6 Å². The van der Waals surface area contributed by atoms with Gasteiger partial charge in [-0.3, -0.25) is 0 Å². The Morgan fingerprint density at radius 1 is 0.640 bits per heavy atom. The van der Waals surface area contributed by atoms with E-state index in [1.54, 1.807) is 0 Å². The summed E-state index contributed by atoms with van der Waals surface area (Å²) in [5.74, 6) is 3.59. The maximum absolute atomic E-state index is 6.59. The topological polar surface area (TPSA) is 36.9 Å². The molecule has 1 spiro atoms. The minimum Gasteiger partial charge on any atom is -0.518 e. The molecule has 2 saturated carbocycles. The van der Waals surface area contributed by atoms with Gasteiger partial charge in [-0.15, -0.1) is 0 Å². The highest BCUT2D eigenvalue weighted by molar-refractivity contribution is 6.53. The molecule has 2 aliphatic carbocycles. The Balaban J connectivity index is 1.57. The average molecular weight is 351 g/mol. The van der Waals surface area contributed by atoms with Crippen LogP contribution in [0.3, 0.4) is 0 Å². The van der Waals surface area contributed by atoms with Crippen LogP contribution in [0.5, 0.6) is 0 Å². The molecule has 0 bridgehead atoms. The zero-order valence-electron chi connectivity index (χ0n) is 16.5. The minimum absolute atomic E-state index is 0.217. The second-order valence-corrected chi connectivity index (χ2v) is 9.71. The third kappa shape index (κ3) is 3.67. The molecule has 0 N–H and O–H groups in total. The van der Waals surface area contributed by atoms with Crippen LogP contribution >= 0.6 is 0 Å². The number of fused-ring (bicyclic) bond motifs is 2. The van der Waals surface area contributed by atoms with Crippen molar-refractivity contribution in [2.75, 3.05) is 13.2 Å². The molecule has 0 unspecified atom stereocenters. The van der Waals surface area contributed by atoms with Crippen molar-refractivity contribution in [3.63, 3.8) is 0 Å². The van der Waals surface area contributed by atoms with Crippen molar-refractivity contribution in [2.45, 2.75) is 78.4 Å². The normalized spacial score (nSPS) is 54.2. The van der Waals surface area contributed by atoms with E-state index in [1.165, 1.54) is 25.7 Å². The van der Waals surface area contributed by atoms with Crippen LogP contribution < -0.4 is 0 Å². The molecule has 0 aromatic rings. The zero-order valence-corrected chi connectivity index (χ0v) is 16.5. The van der Waals surface area contributed by atoms with Gasteiger partial charge in [-0.1, -0.05) is 40.5 Å². The van der Waals surface area contributed by atoms with E-state index in [1.807, 2.05) is 0 Å². The van der Waals surface area contributed by atoms with E-state index in [9.17, 15) is 0 Å². The van der Waals surface area contributed by atoms with Crippen LogP contribution in [0.25, 0.3) is 0 Å². The second-order valence-electron chi connectivity index (χ2n) is 9.71. The fourth-order valence-corrected chi connectivity index (χ4v) is 5.77. The first-order chi connectivity index (χ1) is 12.0. The molecule has 144 valence electrons. The van der Waals surface area contributed by atoms with Crippen LogP contribution in [0.15, 0.2) is 0 Å². The molecule has 0 aromatic heterocycles. The Bertz CT molecular complexity index is 431. The van der Waals surface area contributed by atoms with Crippen molar-refractivity contribution in [3.8, 4) is 0 Å². The lowest BCUT2D eigenvalue weighted by molar-refractivity contribution is -0.0771. The van der Waals surface area contributed by atoms with Gasteiger partial charge in [0.1, 0.15) is 0 Å². The maximum Gasteiger partial charge on any atom is 0.531 e. The number of rotatable bonds is 0. The SMILES string of the molecule is C[C@@H]1CC[C@H]2[C@@H](C)CO[B-]3(OC[C@H](C)[C@@H]4CC[C@@H](C)C[C@H]4O3)O[C@@H]2C1. The lowest BCUT2D eigenvalue weighted by atomic mass is 9.74. The van der Waals surface area contributed by atoms with Gasteiger partial charge >= 0.3 is 6.96 Å². The molecule has 2 saturated heterocycles. The maximum atomic E-state index is 6.59. The Labute approximate surface area is 153 Å². The van der Waals surface area contributed by atoms with Crippen molar-refractivity contribution in [1.29, 1.82) is 0 Å². The molecule has 2 aliphatic heterocycles. The molecule has 25 heavy (non-hydrogen) atoms. The van der Waals surface area contributed by atoms with E-state index in [2.05, 4.69) is 27.7 Å². The fourth-order valence-electron chi connectivity index (χ4n) is 5.77. The van der Waals surface area contributed by atoms with E-state index in [0.29, 0.717) is 48.7 Å². The van der Waals surface area contributed by atoms with Gasteiger partial charge in [0.05, 0.1) is 0 Å². The molecule has 4 aliphatic rings. The van der Waals surface area contributed by atoms with Crippen molar-refractivity contribution in [2.24, 2.45) is 35.5 Å². The molecule has 8 atom stereocenters. The van der Waals surface area contributed by atoms with Crippen molar-refractivity contribution in [1.82, 2.24) is 0 Å². The van der Waals surface area contributed by atoms with E-state index >= 15 is 0 Å². The lowest BCUT2D eigenvalue weighted by Crippen LogP contribution is -2.53. The minimum atomic E-state index is -2.06. The van der Waals surface area contributed by atoms with Crippen LogP contribution in [0.1, 0.15) is 66.2 Å². The lowest BCUT2D eigenvalue weighted by Gasteiger charge is -2.47. The second kappa shape index (κ2) is 7.14. The van der Waals surface area contributed by atoms with Crippen LogP contribution in [-0.4, -0.2) is 32.4 Å². The predicted octanol–water partition coefficient (Wildman–Crippen LogP) is 4.40. The Hall–Kier alpha value is -0.0951. The summed E-state index contributed by atoms with van der Waals surface area (Å²) in [7, 11) is 0. The van der Waals surface area contributed by atoms with Crippen LogP contribution in [-0.2, 0) is 18.6 Å². The van der Waals surface area contributed by atoms with Crippen molar-refractivity contribution >= 4 is 6.96 Å². The van der Waals surface area contributed by atoms with Gasteiger partial charge in [-0.05, 0) is 61.2 Å². The van der Waals surface area contributed by atoms with Crippen molar-refractivity contribution in [3.05, 3.63) is 0 Å². The highest BCUT2D eigenvalue weighted by Gasteiger charge is 2.48. The van der Waals surface area contributed by atoms with E-state index in [0.717, 1.165) is 12.8 Å². The van der Waals surface area contributed by atoms with Crippen LogP contribution in [0.4, 0.5) is 0 Å². The number of hydrogen-bond acceptors (Lipinski definition) is 4. The van der Waals surface area contributed by atoms with Gasteiger partial charge in [0, 0.05) is 25.4 Å². The molecular formula is C20H36BO4-. The Kier molecular flexibility index (Phi) is 5.22. The van der Waals surface area contributed by atoms with Gasteiger partial charge in [0.15, 0.2) is 0 Å². The Morgan fingerprint density at radius 2 is 1.08 bits per heavy atom. The summed E-state index contributed by atoms with van der Waals surface area (Å²) in [6, 6.07) is 0. The standard InChI is InChI=1S/C20H36BO4/c1-13-5-7-17-15(3)11-22-21(24-19(17)9-13)23-12-16(4)18-8-6-14(2)10-20(18)25-21/h13-20H,5-12H2,1-4H3/q-1/t13-,14-,15+,16+,17+,18+,19-,20-,21?/m1/s1. The third-order valence-corrected chi connectivity index (χ3v) is 7.48. The molecule has 4 fully saturated rings. The smallest absolute Gasteiger partial charge is 0.518 e. The summed E-state index contributed by atoms with van der Waals surface area (Å²) < 4.78 is 25.7.